The van der Waals surface area contributed by atoms with Gasteiger partial charge in [0.1, 0.15) is 0 Å². The van der Waals surface area contributed by atoms with Gasteiger partial charge in [-0.3, -0.25) is 0 Å². The average molecular weight is 380 g/mol. The van der Waals surface area contributed by atoms with Gasteiger partial charge in [0.15, 0.2) is 0 Å². The minimum atomic E-state index is 1.21. The number of rotatable bonds is 0. The molecule has 126 valence electrons. The van der Waals surface area contributed by atoms with Gasteiger partial charge in [-0.15, -0.1) is 22.7 Å². The van der Waals surface area contributed by atoms with Crippen LogP contribution >= 0.6 is 22.7 Å². The normalized spacial score (nSPS) is 12.4. The second-order valence-corrected chi connectivity index (χ2v) is 9.13. The first-order valence-corrected chi connectivity index (χ1v) is 10.7. The molecule has 0 radical (unpaired) electrons. The fourth-order valence-corrected chi connectivity index (χ4v) is 7.11. The van der Waals surface area contributed by atoms with Crippen molar-refractivity contribution in [2.45, 2.75) is 0 Å². The van der Waals surface area contributed by atoms with Crippen LogP contribution in [0.4, 0.5) is 0 Å². The lowest BCUT2D eigenvalue weighted by Gasteiger charge is -1.95. The van der Waals surface area contributed by atoms with Crippen LogP contribution in [0.3, 0.4) is 0 Å². The first-order valence-electron chi connectivity index (χ1n) is 9.04. The third-order valence-corrected chi connectivity index (χ3v) is 8.21. The summed E-state index contributed by atoms with van der Waals surface area (Å²) in [7, 11) is 0. The van der Waals surface area contributed by atoms with E-state index in [1.165, 1.54) is 62.2 Å². The highest BCUT2D eigenvalue weighted by atomic mass is 32.1. The van der Waals surface area contributed by atoms with Crippen LogP contribution in [0.2, 0.25) is 0 Å². The zero-order valence-electron chi connectivity index (χ0n) is 14.2. The maximum Gasteiger partial charge on any atom is 0.0534 e. The van der Waals surface area contributed by atoms with Crippen molar-refractivity contribution in [3.05, 3.63) is 72.8 Å². The minimum Gasteiger partial charge on any atom is -0.354 e. The van der Waals surface area contributed by atoms with Crippen LogP contribution in [-0.2, 0) is 0 Å². The largest absolute Gasteiger partial charge is 0.354 e. The van der Waals surface area contributed by atoms with Crippen molar-refractivity contribution < 1.29 is 0 Å². The molecule has 3 aromatic heterocycles. The lowest BCUT2D eigenvalue weighted by molar-refractivity contribution is 1.55. The lowest BCUT2D eigenvalue weighted by atomic mass is 10.1. The molecule has 0 bridgehead atoms. The molecule has 0 aliphatic rings. The van der Waals surface area contributed by atoms with E-state index in [4.69, 9.17) is 0 Å². The van der Waals surface area contributed by atoms with Crippen molar-refractivity contribution in [3.8, 4) is 0 Å². The summed E-state index contributed by atoms with van der Waals surface area (Å²) in [6, 6.07) is 26.5. The highest BCUT2D eigenvalue weighted by molar-refractivity contribution is 7.34. The van der Waals surface area contributed by atoms with E-state index in [0.717, 1.165) is 0 Å². The number of thiophene rings is 2. The molecule has 0 amide bonds. The maximum atomic E-state index is 3.58. The molecule has 1 nitrogen and oxygen atoms in total. The third kappa shape index (κ3) is 1.73. The Morgan fingerprint density at radius 1 is 0.481 bits per heavy atom. The summed E-state index contributed by atoms with van der Waals surface area (Å²) in [5.74, 6) is 0. The molecule has 7 aromatic rings. The molecular formula is C24H13NS2. The first-order chi connectivity index (χ1) is 13.4. The highest BCUT2D eigenvalue weighted by Crippen LogP contribution is 2.46. The zero-order chi connectivity index (χ0) is 17.5. The number of H-pyrrole nitrogens is 1. The predicted molar refractivity (Wildman–Crippen MR) is 122 cm³/mol. The summed E-state index contributed by atoms with van der Waals surface area (Å²) >= 11 is 3.87. The minimum absolute atomic E-state index is 1.21. The predicted octanol–water partition coefficient (Wildman–Crippen LogP) is 8.06. The van der Waals surface area contributed by atoms with Gasteiger partial charge in [0.25, 0.3) is 0 Å². The average Bonchev–Trinajstić information content (AvgIpc) is 3.37. The molecule has 0 aliphatic heterocycles. The van der Waals surface area contributed by atoms with E-state index in [1.54, 1.807) is 0 Å². The van der Waals surface area contributed by atoms with Crippen LogP contribution < -0.4 is 0 Å². The van der Waals surface area contributed by atoms with Crippen LogP contribution in [0.15, 0.2) is 72.8 Å². The number of hydrogen-bond donors (Lipinski definition) is 1. The van der Waals surface area contributed by atoms with Crippen molar-refractivity contribution in [1.82, 2.24) is 4.98 Å². The molecule has 0 atom stereocenters. The van der Waals surface area contributed by atoms with E-state index >= 15 is 0 Å². The standard InChI is InChI=1S/C24H13NS2/c1-3-7-18-17(6-1)21-19(25-18)12-11-15-16-10-9-14-13-5-2-4-8-20(13)26-23(14)24(16)27-22(15)21/h1-12,25H. The molecule has 0 saturated carbocycles. The lowest BCUT2D eigenvalue weighted by Crippen LogP contribution is -1.70. The van der Waals surface area contributed by atoms with E-state index in [-0.39, 0.29) is 0 Å². The van der Waals surface area contributed by atoms with Crippen molar-refractivity contribution >= 4 is 84.8 Å². The van der Waals surface area contributed by atoms with Crippen molar-refractivity contribution in [1.29, 1.82) is 0 Å². The van der Waals surface area contributed by atoms with Crippen LogP contribution in [0, 0.1) is 0 Å². The van der Waals surface area contributed by atoms with Gasteiger partial charge in [-0.1, -0.05) is 54.6 Å². The summed E-state index contributed by atoms with van der Waals surface area (Å²) < 4.78 is 5.60. The van der Waals surface area contributed by atoms with Crippen molar-refractivity contribution in [2.75, 3.05) is 0 Å². The SMILES string of the molecule is c1ccc2c(c1)[nH]c1ccc3c4ccc5c6ccccc6sc5c4sc3c12. The molecule has 27 heavy (non-hydrogen) atoms. The molecule has 0 unspecified atom stereocenters. The van der Waals surface area contributed by atoms with E-state index in [2.05, 4.69) is 77.8 Å². The van der Waals surface area contributed by atoms with Gasteiger partial charge >= 0.3 is 0 Å². The molecule has 3 heteroatoms. The number of aromatic amines is 1. The van der Waals surface area contributed by atoms with Gasteiger partial charge < -0.3 is 4.98 Å². The molecule has 1 N–H and O–H groups in total. The monoisotopic (exact) mass is 379 g/mol. The summed E-state index contributed by atoms with van der Waals surface area (Å²) in [4.78, 5) is 3.58. The summed E-state index contributed by atoms with van der Waals surface area (Å²) in [6.45, 7) is 0. The summed E-state index contributed by atoms with van der Waals surface area (Å²) in [5.41, 5.74) is 2.44. The summed E-state index contributed by atoms with van der Waals surface area (Å²) in [6.07, 6.45) is 0. The fraction of sp³-hybridized carbons (Fsp3) is 0. The van der Waals surface area contributed by atoms with E-state index in [0.29, 0.717) is 0 Å². The topological polar surface area (TPSA) is 15.8 Å². The number of nitrogens with one attached hydrogen (secondary N) is 1. The Labute approximate surface area is 162 Å². The highest BCUT2D eigenvalue weighted by Gasteiger charge is 2.16. The third-order valence-electron chi connectivity index (χ3n) is 5.62. The van der Waals surface area contributed by atoms with Gasteiger partial charge in [0.05, 0.1) is 9.40 Å². The number of hydrogen-bond acceptors (Lipinski definition) is 2. The Hall–Kier alpha value is -2.88. The molecule has 0 fully saturated rings. The Bertz CT molecular complexity index is 1680. The maximum absolute atomic E-state index is 3.58. The Morgan fingerprint density at radius 2 is 1.15 bits per heavy atom. The zero-order valence-corrected chi connectivity index (χ0v) is 15.9. The Kier molecular flexibility index (Phi) is 2.57. The van der Waals surface area contributed by atoms with Crippen molar-refractivity contribution in [2.24, 2.45) is 0 Å². The van der Waals surface area contributed by atoms with Gasteiger partial charge in [-0.2, -0.15) is 0 Å². The van der Waals surface area contributed by atoms with Crippen LogP contribution in [-0.4, -0.2) is 4.98 Å². The molecule has 7 rings (SSSR count). The molecule has 0 spiro atoms. The Balaban J connectivity index is 1.75. The van der Waals surface area contributed by atoms with Gasteiger partial charge in [0.2, 0.25) is 0 Å². The number of aromatic nitrogens is 1. The van der Waals surface area contributed by atoms with E-state index < -0.39 is 0 Å². The first kappa shape index (κ1) is 14.2. The molecular weight excluding hydrogens is 366 g/mol. The number of para-hydroxylation sites is 1. The second kappa shape index (κ2) is 4.89. The second-order valence-electron chi connectivity index (χ2n) is 7.05. The molecule has 0 saturated heterocycles. The molecule has 4 aromatic carbocycles. The fourth-order valence-electron chi connectivity index (χ4n) is 4.41. The van der Waals surface area contributed by atoms with Crippen LogP contribution in [0.1, 0.15) is 0 Å². The molecule has 0 aliphatic carbocycles. The number of fused-ring (bicyclic) bond motifs is 11. The quantitative estimate of drug-likeness (QED) is 0.274. The van der Waals surface area contributed by atoms with Gasteiger partial charge in [0, 0.05) is 52.8 Å². The Morgan fingerprint density at radius 3 is 2.07 bits per heavy atom. The smallest absolute Gasteiger partial charge is 0.0534 e. The van der Waals surface area contributed by atoms with E-state index in [1.807, 2.05) is 22.7 Å². The molecule has 3 heterocycles. The summed E-state index contributed by atoms with van der Waals surface area (Å²) in [5, 5.41) is 8.17. The number of benzene rings is 4. The van der Waals surface area contributed by atoms with Gasteiger partial charge in [-0.25, -0.2) is 0 Å². The van der Waals surface area contributed by atoms with Crippen LogP contribution in [0.5, 0.6) is 0 Å². The van der Waals surface area contributed by atoms with Crippen molar-refractivity contribution in [3.63, 3.8) is 0 Å². The van der Waals surface area contributed by atoms with Gasteiger partial charge in [-0.05, 0) is 18.2 Å². The van der Waals surface area contributed by atoms with E-state index in [9.17, 15) is 0 Å². The van der Waals surface area contributed by atoms with Crippen LogP contribution in [0.25, 0.3) is 62.2 Å².